The zero-order chi connectivity index (χ0) is 22.5. The van der Waals surface area contributed by atoms with Gasteiger partial charge in [-0.3, -0.25) is 4.79 Å². The SMILES string of the molecule is C=C(C)C(=O)OCC(O)COC(=O)CCCCCCCC=CCCCCCCCC. The van der Waals surface area contributed by atoms with Gasteiger partial charge in [0.25, 0.3) is 0 Å². The van der Waals surface area contributed by atoms with Crippen molar-refractivity contribution in [3.05, 3.63) is 24.3 Å². The molecule has 30 heavy (non-hydrogen) atoms. The van der Waals surface area contributed by atoms with Crippen molar-refractivity contribution in [2.24, 2.45) is 0 Å². The second-order valence-electron chi connectivity index (χ2n) is 8.05. The molecule has 0 aromatic rings. The third-order valence-corrected chi connectivity index (χ3v) is 4.83. The summed E-state index contributed by atoms with van der Waals surface area (Å²) in [5.74, 6) is -0.883. The van der Waals surface area contributed by atoms with Gasteiger partial charge in [0.1, 0.15) is 19.3 Å². The molecule has 0 saturated carbocycles. The average Bonchev–Trinajstić information content (AvgIpc) is 2.73. The highest BCUT2D eigenvalue weighted by molar-refractivity contribution is 5.86. The molecule has 1 unspecified atom stereocenters. The van der Waals surface area contributed by atoms with Crippen LogP contribution in [0.1, 0.15) is 104 Å². The Morgan fingerprint density at radius 1 is 0.833 bits per heavy atom. The summed E-state index contributed by atoms with van der Waals surface area (Å²) in [4.78, 5) is 22.9. The molecule has 0 fully saturated rings. The van der Waals surface area contributed by atoms with Crippen LogP contribution >= 0.6 is 0 Å². The predicted molar refractivity (Wildman–Crippen MR) is 122 cm³/mol. The first-order valence-electron chi connectivity index (χ1n) is 11.8. The first kappa shape index (κ1) is 28.4. The summed E-state index contributed by atoms with van der Waals surface area (Å²) in [7, 11) is 0. The highest BCUT2D eigenvalue weighted by Gasteiger charge is 2.12. The Kier molecular flexibility index (Phi) is 19.5. The lowest BCUT2D eigenvalue weighted by Gasteiger charge is -2.12. The summed E-state index contributed by atoms with van der Waals surface area (Å²) in [6.07, 6.45) is 19.8. The van der Waals surface area contributed by atoms with Crippen LogP contribution in [0.3, 0.4) is 0 Å². The van der Waals surface area contributed by atoms with Crippen molar-refractivity contribution in [3.8, 4) is 0 Å². The number of aliphatic hydroxyl groups excluding tert-OH is 1. The molecule has 0 rings (SSSR count). The van der Waals surface area contributed by atoms with E-state index in [0.29, 0.717) is 6.42 Å². The quantitative estimate of drug-likeness (QED) is 0.111. The van der Waals surface area contributed by atoms with Gasteiger partial charge >= 0.3 is 11.9 Å². The molecule has 0 amide bonds. The first-order valence-corrected chi connectivity index (χ1v) is 11.8. The van der Waals surface area contributed by atoms with Crippen LogP contribution in [-0.4, -0.2) is 36.4 Å². The number of aliphatic hydroxyl groups is 1. The summed E-state index contributed by atoms with van der Waals surface area (Å²) < 4.78 is 9.81. The van der Waals surface area contributed by atoms with Crippen LogP contribution in [0.25, 0.3) is 0 Å². The van der Waals surface area contributed by atoms with Gasteiger partial charge in [-0.15, -0.1) is 0 Å². The number of ether oxygens (including phenoxy) is 2. The molecule has 0 aromatic carbocycles. The Labute approximate surface area is 183 Å². The highest BCUT2D eigenvalue weighted by atomic mass is 16.6. The Bertz CT molecular complexity index is 484. The van der Waals surface area contributed by atoms with E-state index in [0.717, 1.165) is 25.7 Å². The number of allylic oxidation sites excluding steroid dienone is 2. The monoisotopic (exact) mass is 424 g/mol. The molecule has 0 aliphatic carbocycles. The summed E-state index contributed by atoms with van der Waals surface area (Å²) in [5.41, 5.74) is 0.267. The summed E-state index contributed by atoms with van der Waals surface area (Å²) in [6.45, 7) is 6.87. The number of hydrogen-bond acceptors (Lipinski definition) is 5. The van der Waals surface area contributed by atoms with Crippen molar-refractivity contribution < 1.29 is 24.2 Å². The van der Waals surface area contributed by atoms with Crippen LogP contribution in [0.15, 0.2) is 24.3 Å². The topological polar surface area (TPSA) is 72.8 Å². The van der Waals surface area contributed by atoms with Crippen molar-refractivity contribution in [1.29, 1.82) is 0 Å². The minimum Gasteiger partial charge on any atom is -0.463 e. The van der Waals surface area contributed by atoms with Gasteiger partial charge in [-0.2, -0.15) is 0 Å². The Hall–Kier alpha value is -1.62. The van der Waals surface area contributed by atoms with Crippen molar-refractivity contribution in [2.45, 2.75) is 110 Å². The molecule has 0 aromatic heterocycles. The third kappa shape index (κ3) is 19.7. The second-order valence-corrected chi connectivity index (χ2v) is 8.05. The van der Waals surface area contributed by atoms with Crippen LogP contribution < -0.4 is 0 Å². The van der Waals surface area contributed by atoms with E-state index in [4.69, 9.17) is 9.47 Å². The molecule has 0 spiro atoms. The maximum Gasteiger partial charge on any atom is 0.333 e. The van der Waals surface area contributed by atoms with Crippen molar-refractivity contribution in [2.75, 3.05) is 13.2 Å². The predicted octanol–water partition coefficient (Wildman–Crippen LogP) is 6.05. The molecule has 5 nitrogen and oxygen atoms in total. The third-order valence-electron chi connectivity index (χ3n) is 4.83. The fourth-order valence-electron chi connectivity index (χ4n) is 2.94. The zero-order valence-electron chi connectivity index (χ0n) is 19.3. The van der Waals surface area contributed by atoms with Gasteiger partial charge in [-0.25, -0.2) is 4.79 Å². The highest BCUT2D eigenvalue weighted by Crippen LogP contribution is 2.10. The number of rotatable bonds is 20. The summed E-state index contributed by atoms with van der Waals surface area (Å²) >= 11 is 0. The molecule has 0 heterocycles. The van der Waals surface area contributed by atoms with Crippen molar-refractivity contribution in [1.82, 2.24) is 0 Å². The zero-order valence-corrected chi connectivity index (χ0v) is 19.3. The molecule has 5 heteroatoms. The van der Waals surface area contributed by atoms with Crippen molar-refractivity contribution >= 4 is 11.9 Å². The van der Waals surface area contributed by atoms with Crippen LogP contribution in [-0.2, 0) is 19.1 Å². The fraction of sp³-hybridized carbons (Fsp3) is 0.760. The van der Waals surface area contributed by atoms with Crippen LogP contribution in [0.5, 0.6) is 0 Å². The lowest BCUT2D eigenvalue weighted by Crippen LogP contribution is -2.25. The lowest BCUT2D eigenvalue weighted by atomic mass is 10.1. The van der Waals surface area contributed by atoms with E-state index < -0.39 is 12.1 Å². The Morgan fingerprint density at radius 2 is 1.33 bits per heavy atom. The smallest absolute Gasteiger partial charge is 0.333 e. The van der Waals surface area contributed by atoms with E-state index in [1.165, 1.54) is 64.7 Å². The van der Waals surface area contributed by atoms with E-state index >= 15 is 0 Å². The van der Waals surface area contributed by atoms with Crippen LogP contribution in [0.2, 0.25) is 0 Å². The molecular formula is C25H44O5. The number of esters is 2. The molecule has 0 aliphatic rings. The summed E-state index contributed by atoms with van der Waals surface area (Å²) in [5, 5.41) is 9.64. The van der Waals surface area contributed by atoms with E-state index in [1.54, 1.807) is 0 Å². The average molecular weight is 425 g/mol. The van der Waals surface area contributed by atoms with Gasteiger partial charge in [0.2, 0.25) is 0 Å². The molecule has 0 radical (unpaired) electrons. The van der Waals surface area contributed by atoms with Crippen LogP contribution in [0, 0.1) is 0 Å². The van der Waals surface area contributed by atoms with Gasteiger partial charge in [0.05, 0.1) is 0 Å². The number of hydrogen-bond donors (Lipinski definition) is 1. The maximum absolute atomic E-state index is 11.7. The van der Waals surface area contributed by atoms with Gasteiger partial charge in [-0.05, 0) is 39.0 Å². The van der Waals surface area contributed by atoms with Crippen LogP contribution in [0.4, 0.5) is 0 Å². The molecule has 1 atom stereocenters. The lowest BCUT2D eigenvalue weighted by molar-refractivity contribution is -0.150. The van der Waals surface area contributed by atoms with E-state index in [9.17, 15) is 14.7 Å². The molecule has 0 aliphatic heterocycles. The fourth-order valence-corrected chi connectivity index (χ4v) is 2.94. The normalized spacial score (nSPS) is 12.1. The number of carbonyl (C=O) groups is 2. The molecule has 0 saturated heterocycles. The molecule has 1 N–H and O–H groups in total. The minimum absolute atomic E-state index is 0.159. The summed E-state index contributed by atoms with van der Waals surface area (Å²) in [6, 6.07) is 0. The maximum atomic E-state index is 11.7. The number of unbranched alkanes of at least 4 members (excludes halogenated alkanes) is 11. The first-order chi connectivity index (χ1) is 14.5. The standard InChI is InChI=1S/C25H44O5/c1-4-5-6-7-8-9-10-11-12-13-14-15-16-17-18-19-24(27)29-20-23(26)21-30-25(28)22(2)3/h11-12,23,26H,2,4-10,13-21H2,1,3H3. The van der Waals surface area contributed by atoms with E-state index in [2.05, 4.69) is 25.7 Å². The van der Waals surface area contributed by atoms with Gasteiger partial charge < -0.3 is 14.6 Å². The van der Waals surface area contributed by atoms with Crippen molar-refractivity contribution in [3.63, 3.8) is 0 Å². The molecule has 0 bridgehead atoms. The Morgan fingerprint density at radius 3 is 1.90 bits per heavy atom. The molecular weight excluding hydrogens is 380 g/mol. The second kappa shape index (κ2) is 20.6. The van der Waals surface area contributed by atoms with Gasteiger partial charge in [-0.1, -0.05) is 77.0 Å². The minimum atomic E-state index is -1.01. The molecule has 174 valence electrons. The van der Waals surface area contributed by atoms with Gasteiger partial charge in [0.15, 0.2) is 0 Å². The largest absolute Gasteiger partial charge is 0.463 e. The Balaban J connectivity index is 3.41. The van der Waals surface area contributed by atoms with E-state index in [1.807, 2.05) is 0 Å². The number of carbonyl (C=O) groups excluding carboxylic acids is 2. The van der Waals surface area contributed by atoms with E-state index in [-0.39, 0.29) is 24.8 Å². The van der Waals surface area contributed by atoms with Gasteiger partial charge in [0, 0.05) is 12.0 Å².